The minimum Gasteiger partial charge on any atom is -0.369 e. The summed E-state index contributed by atoms with van der Waals surface area (Å²) in [6.45, 7) is 6.08. The van der Waals surface area contributed by atoms with Crippen LogP contribution in [0.3, 0.4) is 0 Å². The molecule has 1 aromatic carbocycles. The normalized spacial score (nSPS) is 20.2. The summed E-state index contributed by atoms with van der Waals surface area (Å²) in [5.41, 5.74) is 1.25. The van der Waals surface area contributed by atoms with E-state index in [1.807, 2.05) is 0 Å². The predicted octanol–water partition coefficient (Wildman–Crippen LogP) is 2.11. The average Bonchev–Trinajstić information content (AvgIpc) is 3.39. The first kappa shape index (κ1) is 19.0. The van der Waals surface area contributed by atoms with E-state index >= 15 is 0 Å². The maximum Gasteiger partial charge on any atom is 0.223 e. The lowest BCUT2D eigenvalue weighted by atomic mass is 10.3. The van der Waals surface area contributed by atoms with Crippen molar-refractivity contribution in [1.29, 1.82) is 0 Å². The van der Waals surface area contributed by atoms with E-state index in [2.05, 4.69) is 73.0 Å². The van der Waals surface area contributed by atoms with Gasteiger partial charge in [-0.1, -0.05) is 15.9 Å². The quantitative estimate of drug-likeness (QED) is 0.358. The largest absolute Gasteiger partial charge is 0.369 e. The van der Waals surface area contributed by atoms with Crippen molar-refractivity contribution in [3.05, 3.63) is 28.7 Å². The van der Waals surface area contributed by atoms with Gasteiger partial charge in [0.05, 0.1) is 6.54 Å². The number of halogens is 1. The second kappa shape index (κ2) is 9.26. The molecule has 0 radical (unpaired) electrons. The highest BCUT2D eigenvalue weighted by Gasteiger charge is 2.29. The summed E-state index contributed by atoms with van der Waals surface area (Å²) in [7, 11) is 0. The molecule has 6 nitrogen and oxygen atoms in total. The fourth-order valence-electron chi connectivity index (χ4n) is 3.11. The van der Waals surface area contributed by atoms with E-state index in [4.69, 9.17) is 0 Å². The van der Waals surface area contributed by atoms with Gasteiger partial charge in [0.25, 0.3) is 0 Å². The van der Waals surface area contributed by atoms with Gasteiger partial charge in [-0.15, -0.1) is 0 Å². The molecule has 0 aromatic heterocycles. The molecular weight excluding hydrogens is 394 g/mol. The number of aliphatic imine (C=N–C) groups is 1. The molecule has 1 amide bonds. The molecule has 26 heavy (non-hydrogen) atoms. The van der Waals surface area contributed by atoms with Crippen LogP contribution in [0.15, 0.2) is 33.7 Å². The molecule has 2 aliphatic rings. The number of nitrogens with one attached hydrogen (secondary N) is 3. The maximum absolute atomic E-state index is 11.6. The van der Waals surface area contributed by atoms with Crippen LogP contribution in [0.4, 0.5) is 5.69 Å². The van der Waals surface area contributed by atoms with Crippen LogP contribution in [0.25, 0.3) is 0 Å². The Kier molecular flexibility index (Phi) is 6.77. The molecule has 0 bridgehead atoms. The lowest BCUT2D eigenvalue weighted by molar-refractivity contribution is -0.122. The van der Waals surface area contributed by atoms with Gasteiger partial charge in [-0.25, -0.2) is 0 Å². The Morgan fingerprint density at radius 2 is 2.00 bits per heavy atom. The molecule has 1 saturated heterocycles. The number of guanidine groups is 1. The zero-order chi connectivity index (χ0) is 18.4. The third-order valence-electron chi connectivity index (χ3n) is 4.69. The van der Waals surface area contributed by atoms with Crippen LogP contribution < -0.4 is 20.9 Å². The molecule has 142 valence electrons. The molecule has 3 N–H and O–H groups in total. The number of hydrogen-bond donors (Lipinski definition) is 3. The van der Waals surface area contributed by atoms with Crippen LogP contribution >= 0.6 is 15.9 Å². The third-order valence-corrected chi connectivity index (χ3v) is 5.22. The molecule has 3 rings (SSSR count). The Balaban J connectivity index is 1.45. The second-order valence-electron chi connectivity index (χ2n) is 6.88. The molecule has 7 heteroatoms. The molecule has 0 spiro atoms. The molecular formula is C19H28BrN5O. The van der Waals surface area contributed by atoms with Gasteiger partial charge in [0, 0.05) is 48.3 Å². The SMILES string of the molecule is CCNC(=NCCNC(=O)C1CC1)NC1CCN(c2ccc(Br)cc2)C1. The van der Waals surface area contributed by atoms with Gasteiger partial charge in [0.1, 0.15) is 0 Å². The van der Waals surface area contributed by atoms with Gasteiger partial charge < -0.3 is 20.9 Å². The van der Waals surface area contributed by atoms with Crippen LogP contribution in [0.5, 0.6) is 0 Å². The van der Waals surface area contributed by atoms with Gasteiger partial charge >= 0.3 is 0 Å². The summed E-state index contributed by atoms with van der Waals surface area (Å²) in [5.74, 6) is 1.27. The fourth-order valence-corrected chi connectivity index (χ4v) is 3.38. The third kappa shape index (κ3) is 5.62. The molecule has 1 atom stereocenters. The monoisotopic (exact) mass is 421 g/mol. The summed E-state index contributed by atoms with van der Waals surface area (Å²) < 4.78 is 1.10. The average molecular weight is 422 g/mol. The number of rotatable bonds is 7. The maximum atomic E-state index is 11.6. The van der Waals surface area contributed by atoms with Crippen LogP contribution in [0.2, 0.25) is 0 Å². The Labute approximate surface area is 163 Å². The van der Waals surface area contributed by atoms with Crippen LogP contribution in [-0.2, 0) is 4.79 Å². The first-order valence-electron chi connectivity index (χ1n) is 9.48. The number of carbonyl (C=O) groups excluding carboxylic acids is 1. The van der Waals surface area contributed by atoms with E-state index in [-0.39, 0.29) is 11.8 Å². The first-order valence-corrected chi connectivity index (χ1v) is 10.3. The van der Waals surface area contributed by atoms with Gasteiger partial charge in [-0.2, -0.15) is 0 Å². The van der Waals surface area contributed by atoms with Crippen molar-refractivity contribution in [3.63, 3.8) is 0 Å². The number of amides is 1. The smallest absolute Gasteiger partial charge is 0.223 e. The number of nitrogens with zero attached hydrogens (tertiary/aromatic N) is 2. The summed E-state index contributed by atoms with van der Waals surface area (Å²) in [6.07, 6.45) is 3.16. The second-order valence-corrected chi connectivity index (χ2v) is 7.79. The Morgan fingerprint density at radius 3 is 2.69 bits per heavy atom. The van der Waals surface area contributed by atoms with Crippen LogP contribution in [0, 0.1) is 5.92 Å². The highest BCUT2D eigenvalue weighted by Crippen LogP contribution is 2.28. The minimum atomic E-state index is 0.180. The lowest BCUT2D eigenvalue weighted by Gasteiger charge is -2.20. The Hall–Kier alpha value is -1.76. The molecule has 1 saturated carbocycles. The molecule has 1 unspecified atom stereocenters. The van der Waals surface area contributed by atoms with Crippen LogP contribution in [0.1, 0.15) is 26.2 Å². The van der Waals surface area contributed by atoms with E-state index in [0.29, 0.717) is 19.1 Å². The molecule has 1 aliphatic carbocycles. The number of anilines is 1. The lowest BCUT2D eigenvalue weighted by Crippen LogP contribution is -2.45. The van der Waals surface area contributed by atoms with Crippen molar-refractivity contribution in [2.24, 2.45) is 10.9 Å². The Morgan fingerprint density at radius 1 is 1.23 bits per heavy atom. The zero-order valence-electron chi connectivity index (χ0n) is 15.3. The minimum absolute atomic E-state index is 0.180. The van der Waals surface area contributed by atoms with Crippen molar-refractivity contribution < 1.29 is 4.79 Å². The van der Waals surface area contributed by atoms with Gasteiger partial charge in [0.15, 0.2) is 5.96 Å². The summed E-state index contributed by atoms with van der Waals surface area (Å²) in [4.78, 5) is 18.6. The number of benzene rings is 1. The Bertz CT molecular complexity index is 629. The zero-order valence-corrected chi connectivity index (χ0v) is 16.9. The van der Waals surface area contributed by atoms with Gasteiger partial charge in [-0.3, -0.25) is 9.79 Å². The summed E-state index contributed by atoms with van der Waals surface area (Å²) in [6, 6.07) is 8.83. The first-order chi connectivity index (χ1) is 12.7. The predicted molar refractivity (Wildman–Crippen MR) is 110 cm³/mol. The number of hydrogen-bond acceptors (Lipinski definition) is 3. The van der Waals surface area contributed by atoms with E-state index in [9.17, 15) is 4.79 Å². The standard InChI is InChI=1S/C19H28BrN5O/c1-2-21-19(23-11-10-22-18(26)14-3-4-14)24-16-9-12-25(13-16)17-7-5-15(20)6-8-17/h5-8,14,16H,2-4,9-13H2,1H3,(H,22,26)(H2,21,23,24). The topological polar surface area (TPSA) is 68.8 Å². The molecule has 1 aliphatic heterocycles. The fraction of sp³-hybridized carbons (Fsp3) is 0.579. The highest BCUT2D eigenvalue weighted by atomic mass is 79.9. The molecule has 2 fully saturated rings. The summed E-state index contributed by atoms with van der Waals surface area (Å²) >= 11 is 3.48. The van der Waals surface area contributed by atoms with Crippen molar-refractivity contribution in [2.45, 2.75) is 32.2 Å². The van der Waals surface area contributed by atoms with Crippen molar-refractivity contribution in [2.75, 3.05) is 37.6 Å². The van der Waals surface area contributed by atoms with Gasteiger partial charge in [0.2, 0.25) is 5.91 Å². The van der Waals surface area contributed by atoms with E-state index in [1.54, 1.807) is 0 Å². The van der Waals surface area contributed by atoms with Crippen LogP contribution in [-0.4, -0.2) is 50.6 Å². The van der Waals surface area contributed by atoms with Crippen molar-refractivity contribution in [3.8, 4) is 0 Å². The van der Waals surface area contributed by atoms with Crippen molar-refractivity contribution >= 4 is 33.5 Å². The highest BCUT2D eigenvalue weighted by molar-refractivity contribution is 9.10. The van der Waals surface area contributed by atoms with E-state index < -0.39 is 0 Å². The summed E-state index contributed by atoms with van der Waals surface area (Å²) in [5, 5.41) is 9.78. The van der Waals surface area contributed by atoms with Gasteiger partial charge in [-0.05, 0) is 50.5 Å². The molecule has 1 heterocycles. The number of carbonyl (C=O) groups is 1. The van der Waals surface area contributed by atoms with E-state index in [1.165, 1.54) is 5.69 Å². The molecule has 1 aromatic rings. The van der Waals surface area contributed by atoms with Crippen molar-refractivity contribution in [1.82, 2.24) is 16.0 Å². The van der Waals surface area contributed by atoms with E-state index in [0.717, 1.165) is 49.3 Å².